The molecule has 0 aliphatic rings. The predicted molar refractivity (Wildman–Crippen MR) is 75.0 cm³/mol. The molecule has 0 aliphatic heterocycles. The van der Waals surface area contributed by atoms with Gasteiger partial charge in [0.2, 0.25) is 0 Å². The van der Waals surface area contributed by atoms with Crippen molar-refractivity contribution in [3.63, 3.8) is 0 Å². The van der Waals surface area contributed by atoms with Crippen molar-refractivity contribution in [2.24, 2.45) is 0 Å². The molecule has 4 heteroatoms. The van der Waals surface area contributed by atoms with Gasteiger partial charge in [-0.25, -0.2) is 4.79 Å². The third-order valence-electron chi connectivity index (χ3n) is 2.83. The number of carbonyl (C=O) groups is 1. The van der Waals surface area contributed by atoms with E-state index in [-0.39, 0.29) is 5.56 Å². The van der Waals surface area contributed by atoms with Gasteiger partial charge in [-0.05, 0) is 29.7 Å². The van der Waals surface area contributed by atoms with Crippen molar-refractivity contribution >= 4 is 17.3 Å². The fraction of sp³-hybridized carbons (Fsp3) is 0.200. The summed E-state index contributed by atoms with van der Waals surface area (Å²) in [7, 11) is 0. The molecular formula is C15H16N2O2. The number of carboxylic acids is 1. The maximum absolute atomic E-state index is 10.9. The Hall–Kier alpha value is -2.36. The van der Waals surface area contributed by atoms with Gasteiger partial charge in [0.05, 0.1) is 17.4 Å². The Kier molecular flexibility index (Phi) is 3.80. The predicted octanol–water partition coefficient (Wildman–Crippen LogP) is 3.65. The Labute approximate surface area is 112 Å². The average Bonchev–Trinajstić information content (AvgIpc) is 2.39. The minimum Gasteiger partial charge on any atom is -0.478 e. The van der Waals surface area contributed by atoms with Gasteiger partial charge in [-0.15, -0.1) is 0 Å². The van der Waals surface area contributed by atoms with E-state index in [2.05, 4.69) is 36.3 Å². The van der Waals surface area contributed by atoms with Gasteiger partial charge in [0, 0.05) is 11.9 Å². The molecule has 2 rings (SSSR count). The third kappa shape index (κ3) is 3.31. The first-order chi connectivity index (χ1) is 9.06. The number of aromatic nitrogens is 1. The Morgan fingerprint density at radius 1 is 1.21 bits per heavy atom. The number of nitrogens with one attached hydrogen (secondary N) is 1. The zero-order chi connectivity index (χ0) is 13.8. The van der Waals surface area contributed by atoms with Crippen molar-refractivity contribution in [3.8, 4) is 0 Å². The fourth-order valence-electron chi connectivity index (χ4n) is 1.77. The van der Waals surface area contributed by atoms with Crippen LogP contribution in [0.15, 0.2) is 42.7 Å². The zero-order valence-corrected chi connectivity index (χ0v) is 10.9. The second kappa shape index (κ2) is 5.52. The van der Waals surface area contributed by atoms with Crippen molar-refractivity contribution in [1.29, 1.82) is 0 Å². The molecule has 98 valence electrons. The van der Waals surface area contributed by atoms with Crippen LogP contribution in [0.1, 0.15) is 35.7 Å². The summed E-state index contributed by atoms with van der Waals surface area (Å²) in [6.45, 7) is 4.26. The lowest BCUT2D eigenvalue weighted by molar-refractivity contribution is 0.0696. The molecule has 1 aromatic heterocycles. The van der Waals surface area contributed by atoms with Crippen molar-refractivity contribution in [3.05, 3.63) is 53.9 Å². The number of carboxylic acid groups (broad SMARTS) is 1. The Morgan fingerprint density at radius 3 is 2.68 bits per heavy atom. The molecule has 0 fully saturated rings. The van der Waals surface area contributed by atoms with Crippen LogP contribution in [0.25, 0.3) is 0 Å². The molecule has 0 saturated carbocycles. The number of aromatic carboxylic acids is 1. The van der Waals surface area contributed by atoms with Gasteiger partial charge in [-0.2, -0.15) is 0 Å². The van der Waals surface area contributed by atoms with E-state index < -0.39 is 5.97 Å². The van der Waals surface area contributed by atoms with Crippen LogP contribution < -0.4 is 5.32 Å². The van der Waals surface area contributed by atoms with Crippen LogP contribution in [0.4, 0.5) is 11.4 Å². The highest BCUT2D eigenvalue weighted by Gasteiger charge is 2.05. The minimum atomic E-state index is -0.980. The fourth-order valence-corrected chi connectivity index (χ4v) is 1.77. The smallest absolute Gasteiger partial charge is 0.337 e. The molecule has 19 heavy (non-hydrogen) atoms. The number of benzene rings is 1. The molecule has 0 bridgehead atoms. The summed E-state index contributed by atoms with van der Waals surface area (Å²) in [6.07, 6.45) is 2.94. The highest BCUT2D eigenvalue weighted by Crippen LogP contribution is 2.21. The lowest BCUT2D eigenvalue weighted by Crippen LogP contribution is -1.99. The standard InChI is InChI=1S/C15H16N2O2/c1-10(2)11-4-3-5-13(6-11)17-14-7-12(15(18)19)8-16-9-14/h3-10,17H,1-2H3,(H,18,19). The molecule has 0 amide bonds. The van der Waals surface area contributed by atoms with Gasteiger partial charge in [0.15, 0.2) is 0 Å². The van der Waals surface area contributed by atoms with E-state index >= 15 is 0 Å². The van der Waals surface area contributed by atoms with E-state index in [1.165, 1.54) is 11.8 Å². The van der Waals surface area contributed by atoms with Gasteiger partial charge in [0.25, 0.3) is 0 Å². The number of rotatable bonds is 4. The molecule has 2 N–H and O–H groups in total. The molecule has 0 spiro atoms. The maximum Gasteiger partial charge on any atom is 0.337 e. The quantitative estimate of drug-likeness (QED) is 0.876. The summed E-state index contributed by atoms with van der Waals surface area (Å²) >= 11 is 0. The molecule has 0 aliphatic carbocycles. The van der Waals surface area contributed by atoms with Crippen LogP contribution in [0.5, 0.6) is 0 Å². The zero-order valence-electron chi connectivity index (χ0n) is 10.9. The molecule has 1 aromatic carbocycles. The number of hydrogen-bond donors (Lipinski definition) is 2. The highest BCUT2D eigenvalue weighted by molar-refractivity contribution is 5.88. The van der Waals surface area contributed by atoms with Gasteiger partial charge in [0.1, 0.15) is 0 Å². The van der Waals surface area contributed by atoms with Crippen molar-refractivity contribution < 1.29 is 9.90 Å². The summed E-state index contributed by atoms with van der Waals surface area (Å²) in [5, 5.41) is 12.1. The van der Waals surface area contributed by atoms with Crippen molar-refractivity contribution in [1.82, 2.24) is 4.98 Å². The van der Waals surface area contributed by atoms with E-state index in [1.54, 1.807) is 12.3 Å². The first-order valence-electron chi connectivity index (χ1n) is 6.11. The first-order valence-corrected chi connectivity index (χ1v) is 6.11. The van der Waals surface area contributed by atoms with Crippen LogP contribution in [-0.4, -0.2) is 16.1 Å². The summed E-state index contributed by atoms with van der Waals surface area (Å²) in [5.74, 6) is -0.530. The van der Waals surface area contributed by atoms with Crippen LogP contribution in [-0.2, 0) is 0 Å². The van der Waals surface area contributed by atoms with E-state index in [4.69, 9.17) is 5.11 Å². The van der Waals surface area contributed by atoms with E-state index in [1.807, 2.05) is 12.1 Å². The number of nitrogens with zero attached hydrogens (tertiary/aromatic N) is 1. The van der Waals surface area contributed by atoms with Crippen LogP contribution in [0.3, 0.4) is 0 Å². The number of pyridine rings is 1. The molecular weight excluding hydrogens is 240 g/mol. The topological polar surface area (TPSA) is 62.2 Å². The Bertz CT molecular complexity index is 594. The SMILES string of the molecule is CC(C)c1cccc(Nc2cncc(C(=O)O)c2)c1. The van der Waals surface area contributed by atoms with Gasteiger partial charge in [-0.3, -0.25) is 4.98 Å². The second-order valence-corrected chi connectivity index (χ2v) is 4.67. The summed E-state index contributed by atoms with van der Waals surface area (Å²) < 4.78 is 0. The maximum atomic E-state index is 10.9. The van der Waals surface area contributed by atoms with Crippen LogP contribution in [0, 0.1) is 0 Å². The van der Waals surface area contributed by atoms with Gasteiger partial charge < -0.3 is 10.4 Å². The minimum absolute atomic E-state index is 0.171. The Balaban J connectivity index is 2.23. The number of hydrogen-bond acceptors (Lipinski definition) is 3. The normalized spacial score (nSPS) is 10.5. The summed E-state index contributed by atoms with van der Waals surface area (Å²) in [4.78, 5) is 14.8. The monoisotopic (exact) mass is 256 g/mol. The average molecular weight is 256 g/mol. The highest BCUT2D eigenvalue weighted by atomic mass is 16.4. The largest absolute Gasteiger partial charge is 0.478 e. The molecule has 0 atom stereocenters. The molecule has 2 aromatic rings. The molecule has 0 radical (unpaired) electrons. The lowest BCUT2D eigenvalue weighted by atomic mass is 10.0. The van der Waals surface area contributed by atoms with E-state index in [0.717, 1.165) is 5.69 Å². The summed E-state index contributed by atoms with van der Waals surface area (Å²) in [6, 6.07) is 9.61. The molecule has 4 nitrogen and oxygen atoms in total. The Morgan fingerprint density at radius 2 is 2.00 bits per heavy atom. The van der Waals surface area contributed by atoms with Crippen LogP contribution >= 0.6 is 0 Å². The lowest BCUT2D eigenvalue weighted by Gasteiger charge is -2.10. The van der Waals surface area contributed by atoms with E-state index in [9.17, 15) is 4.79 Å². The van der Waals surface area contributed by atoms with Gasteiger partial charge >= 0.3 is 5.97 Å². The van der Waals surface area contributed by atoms with Crippen LogP contribution in [0.2, 0.25) is 0 Å². The third-order valence-corrected chi connectivity index (χ3v) is 2.83. The number of anilines is 2. The second-order valence-electron chi connectivity index (χ2n) is 4.67. The molecule has 0 unspecified atom stereocenters. The van der Waals surface area contributed by atoms with Crippen molar-refractivity contribution in [2.45, 2.75) is 19.8 Å². The molecule has 1 heterocycles. The molecule has 0 saturated heterocycles. The van der Waals surface area contributed by atoms with E-state index in [0.29, 0.717) is 11.6 Å². The van der Waals surface area contributed by atoms with Crippen molar-refractivity contribution in [2.75, 3.05) is 5.32 Å². The first kappa shape index (κ1) is 13.1. The summed E-state index contributed by atoms with van der Waals surface area (Å²) in [5.41, 5.74) is 2.99. The van der Waals surface area contributed by atoms with Gasteiger partial charge in [-0.1, -0.05) is 26.0 Å².